The molecule has 0 radical (unpaired) electrons. The molecule has 0 atom stereocenters. The SMILES string of the molecule is O=C(CCOCCOCc1ccccc1)ON1C(=O)CCC1=O. The van der Waals surface area contributed by atoms with Crippen LogP contribution in [0, 0.1) is 0 Å². The Morgan fingerprint density at radius 2 is 1.61 bits per heavy atom. The van der Waals surface area contributed by atoms with Crippen LogP contribution in [-0.4, -0.2) is 42.7 Å². The van der Waals surface area contributed by atoms with Crippen LogP contribution in [-0.2, 0) is 35.3 Å². The van der Waals surface area contributed by atoms with Crippen molar-refractivity contribution < 1.29 is 28.7 Å². The molecule has 1 aromatic carbocycles. The largest absolute Gasteiger partial charge is 0.378 e. The third kappa shape index (κ3) is 5.80. The average Bonchev–Trinajstić information content (AvgIpc) is 2.87. The van der Waals surface area contributed by atoms with Crippen LogP contribution in [0.2, 0.25) is 0 Å². The van der Waals surface area contributed by atoms with E-state index in [1.807, 2.05) is 30.3 Å². The summed E-state index contributed by atoms with van der Waals surface area (Å²) in [6.45, 7) is 1.41. The van der Waals surface area contributed by atoms with Crippen LogP contribution in [0.5, 0.6) is 0 Å². The fraction of sp³-hybridized carbons (Fsp3) is 0.438. The van der Waals surface area contributed by atoms with E-state index in [9.17, 15) is 14.4 Å². The van der Waals surface area contributed by atoms with Gasteiger partial charge >= 0.3 is 5.97 Å². The Balaban J connectivity index is 1.49. The molecule has 2 rings (SSSR count). The van der Waals surface area contributed by atoms with Gasteiger partial charge in [-0.15, -0.1) is 5.06 Å². The van der Waals surface area contributed by atoms with Gasteiger partial charge in [-0.3, -0.25) is 9.59 Å². The zero-order valence-corrected chi connectivity index (χ0v) is 12.7. The third-order valence-corrected chi connectivity index (χ3v) is 3.13. The van der Waals surface area contributed by atoms with Crippen molar-refractivity contribution in [2.24, 2.45) is 0 Å². The second-order valence-electron chi connectivity index (χ2n) is 4.95. The maximum atomic E-state index is 11.5. The molecule has 0 saturated carbocycles. The Labute approximate surface area is 134 Å². The number of carbonyl (C=O) groups excluding carboxylic acids is 3. The number of imide groups is 1. The van der Waals surface area contributed by atoms with E-state index in [-0.39, 0.29) is 25.9 Å². The van der Waals surface area contributed by atoms with E-state index in [2.05, 4.69) is 0 Å². The van der Waals surface area contributed by atoms with E-state index in [0.717, 1.165) is 5.56 Å². The molecule has 2 amide bonds. The maximum absolute atomic E-state index is 11.5. The highest BCUT2D eigenvalue weighted by Gasteiger charge is 2.32. The molecule has 0 spiro atoms. The number of nitrogens with zero attached hydrogens (tertiary/aromatic N) is 1. The standard InChI is InChI=1S/C16H19NO6/c18-14-6-7-15(19)17(14)23-16(20)8-9-21-10-11-22-12-13-4-2-1-3-5-13/h1-5H,6-12H2. The van der Waals surface area contributed by atoms with Gasteiger partial charge in [0.2, 0.25) is 0 Å². The number of ether oxygens (including phenoxy) is 2. The summed E-state index contributed by atoms with van der Waals surface area (Å²) in [4.78, 5) is 38.7. The molecule has 0 unspecified atom stereocenters. The van der Waals surface area contributed by atoms with Crippen LogP contribution in [0.3, 0.4) is 0 Å². The lowest BCUT2D eigenvalue weighted by molar-refractivity contribution is -0.198. The number of amides is 2. The van der Waals surface area contributed by atoms with Crippen molar-refractivity contribution in [2.45, 2.75) is 25.9 Å². The van der Waals surface area contributed by atoms with Gasteiger partial charge in [-0.25, -0.2) is 4.79 Å². The Hall–Kier alpha value is -2.25. The van der Waals surface area contributed by atoms with Gasteiger partial charge in [-0.2, -0.15) is 0 Å². The topological polar surface area (TPSA) is 82.1 Å². The van der Waals surface area contributed by atoms with Gasteiger partial charge < -0.3 is 14.3 Å². The molecular formula is C16H19NO6. The molecule has 1 saturated heterocycles. The summed E-state index contributed by atoms with van der Waals surface area (Å²) >= 11 is 0. The molecule has 1 aromatic rings. The van der Waals surface area contributed by atoms with Gasteiger partial charge in [0.05, 0.1) is 32.8 Å². The quantitative estimate of drug-likeness (QED) is 0.502. The van der Waals surface area contributed by atoms with E-state index in [0.29, 0.717) is 24.9 Å². The Kier molecular flexibility index (Phi) is 6.71. The van der Waals surface area contributed by atoms with Crippen molar-refractivity contribution in [3.05, 3.63) is 35.9 Å². The van der Waals surface area contributed by atoms with Gasteiger partial charge in [0.15, 0.2) is 0 Å². The van der Waals surface area contributed by atoms with E-state index in [4.69, 9.17) is 14.3 Å². The van der Waals surface area contributed by atoms with Crippen LogP contribution in [0.4, 0.5) is 0 Å². The molecule has 7 nitrogen and oxygen atoms in total. The van der Waals surface area contributed by atoms with Crippen molar-refractivity contribution in [1.82, 2.24) is 5.06 Å². The number of hydrogen-bond acceptors (Lipinski definition) is 6. The predicted octanol–water partition coefficient (Wildman–Crippen LogP) is 1.22. The van der Waals surface area contributed by atoms with Crippen LogP contribution < -0.4 is 0 Å². The number of rotatable bonds is 9. The van der Waals surface area contributed by atoms with Gasteiger partial charge in [0.1, 0.15) is 0 Å². The molecule has 7 heteroatoms. The average molecular weight is 321 g/mol. The number of hydrogen-bond donors (Lipinski definition) is 0. The van der Waals surface area contributed by atoms with E-state index >= 15 is 0 Å². The van der Waals surface area contributed by atoms with Crippen molar-refractivity contribution in [3.8, 4) is 0 Å². The smallest absolute Gasteiger partial charge is 0.335 e. The summed E-state index contributed by atoms with van der Waals surface area (Å²) in [5.41, 5.74) is 1.08. The number of hydroxylamine groups is 2. The molecule has 23 heavy (non-hydrogen) atoms. The fourth-order valence-electron chi connectivity index (χ4n) is 1.94. The molecule has 1 aliphatic rings. The normalized spacial score (nSPS) is 14.3. The monoisotopic (exact) mass is 321 g/mol. The lowest BCUT2D eigenvalue weighted by Gasteiger charge is -2.12. The minimum Gasteiger partial charge on any atom is -0.378 e. The van der Waals surface area contributed by atoms with Gasteiger partial charge in [-0.1, -0.05) is 30.3 Å². The summed E-state index contributed by atoms with van der Waals surface area (Å²) < 4.78 is 10.7. The minimum absolute atomic E-state index is 0.0320. The summed E-state index contributed by atoms with van der Waals surface area (Å²) in [6.07, 6.45) is 0.137. The maximum Gasteiger partial charge on any atom is 0.335 e. The first-order chi connectivity index (χ1) is 11.2. The minimum atomic E-state index is -0.668. The van der Waals surface area contributed by atoms with E-state index < -0.39 is 17.8 Å². The highest BCUT2D eigenvalue weighted by Crippen LogP contribution is 2.12. The molecule has 0 N–H and O–H groups in total. The van der Waals surface area contributed by atoms with Crippen molar-refractivity contribution in [3.63, 3.8) is 0 Å². The highest BCUT2D eigenvalue weighted by molar-refractivity contribution is 6.01. The Morgan fingerprint density at radius 1 is 0.957 bits per heavy atom. The van der Waals surface area contributed by atoms with Crippen LogP contribution in [0.25, 0.3) is 0 Å². The van der Waals surface area contributed by atoms with Crippen LogP contribution in [0.15, 0.2) is 30.3 Å². The molecule has 0 aliphatic carbocycles. The Bertz CT molecular complexity index is 529. The summed E-state index contributed by atoms with van der Waals surface area (Å²) in [5.74, 6) is -1.64. The van der Waals surface area contributed by atoms with Crippen molar-refractivity contribution in [2.75, 3.05) is 19.8 Å². The van der Waals surface area contributed by atoms with Gasteiger partial charge in [0.25, 0.3) is 11.8 Å². The van der Waals surface area contributed by atoms with Crippen LogP contribution >= 0.6 is 0 Å². The zero-order chi connectivity index (χ0) is 16.5. The molecule has 1 heterocycles. The molecule has 1 fully saturated rings. The van der Waals surface area contributed by atoms with Gasteiger partial charge in [-0.05, 0) is 5.56 Å². The molecule has 0 aromatic heterocycles. The molecule has 1 aliphatic heterocycles. The Morgan fingerprint density at radius 3 is 2.30 bits per heavy atom. The number of carbonyl (C=O) groups is 3. The van der Waals surface area contributed by atoms with E-state index in [1.54, 1.807) is 0 Å². The van der Waals surface area contributed by atoms with E-state index in [1.165, 1.54) is 0 Å². The van der Waals surface area contributed by atoms with Gasteiger partial charge in [0, 0.05) is 12.8 Å². The summed E-state index contributed by atoms with van der Waals surface area (Å²) in [6, 6.07) is 9.76. The third-order valence-electron chi connectivity index (χ3n) is 3.13. The number of benzene rings is 1. The highest BCUT2D eigenvalue weighted by atomic mass is 16.7. The van der Waals surface area contributed by atoms with Crippen molar-refractivity contribution >= 4 is 17.8 Å². The fourth-order valence-corrected chi connectivity index (χ4v) is 1.94. The molecule has 124 valence electrons. The first kappa shape index (κ1) is 17.1. The summed E-state index contributed by atoms with van der Waals surface area (Å²) in [5, 5.41) is 0.533. The second-order valence-corrected chi connectivity index (χ2v) is 4.95. The zero-order valence-electron chi connectivity index (χ0n) is 12.7. The second kappa shape index (κ2) is 9.02. The first-order valence-corrected chi connectivity index (χ1v) is 7.43. The lowest BCUT2D eigenvalue weighted by Crippen LogP contribution is -2.32. The van der Waals surface area contributed by atoms with Crippen molar-refractivity contribution in [1.29, 1.82) is 0 Å². The van der Waals surface area contributed by atoms with Crippen LogP contribution in [0.1, 0.15) is 24.8 Å². The predicted molar refractivity (Wildman–Crippen MR) is 78.7 cm³/mol. The summed E-state index contributed by atoms with van der Waals surface area (Å²) in [7, 11) is 0. The lowest BCUT2D eigenvalue weighted by atomic mass is 10.2. The molecular weight excluding hydrogens is 302 g/mol. The first-order valence-electron chi connectivity index (χ1n) is 7.43. The molecule has 0 bridgehead atoms.